The average Bonchev–Trinajstić information content (AvgIpc) is 2.48. The Morgan fingerprint density at radius 1 is 1.41 bits per heavy atom. The van der Waals surface area contributed by atoms with Crippen LogP contribution in [0.5, 0.6) is 0 Å². The predicted molar refractivity (Wildman–Crippen MR) is 92.5 cm³/mol. The van der Waals surface area contributed by atoms with Crippen LogP contribution >= 0.6 is 22.6 Å². The Morgan fingerprint density at radius 2 is 2.09 bits per heavy atom. The van der Waals surface area contributed by atoms with Crippen molar-refractivity contribution in [3.8, 4) is 0 Å². The van der Waals surface area contributed by atoms with Crippen LogP contribution in [0.3, 0.4) is 0 Å². The Balaban J connectivity index is 1.97. The fourth-order valence-corrected chi connectivity index (χ4v) is 3.38. The summed E-state index contributed by atoms with van der Waals surface area (Å²) in [7, 11) is 0. The molecule has 1 fully saturated rings. The van der Waals surface area contributed by atoms with E-state index >= 15 is 0 Å². The van der Waals surface area contributed by atoms with Gasteiger partial charge in [-0.15, -0.1) is 0 Å². The average molecular weight is 420 g/mol. The fourth-order valence-electron chi connectivity index (χ4n) is 2.66. The minimum absolute atomic E-state index is 0.150. The maximum Gasteiger partial charge on any atom is 0.252 e. The Morgan fingerprint density at radius 3 is 2.68 bits per heavy atom. The topological polar surface area (TPSA) is 41.6 Å². The SMILES string of the molecule is CC(C)C(CNC(=O)c1ccc(F)cc1I)N1CCOCC1. The zero-order chi connectivity index (χ0) is 16.1. The van der Waals surface area contributed by atoms with Gasteiger partial charge in [-0.2, -0.15) is 0 Å². The van der Waals surface area contributed by atoms with Crippen molar-refractivity contribution < 1.29 is 13.9 Å². The smallest absolute Gasteiger partial charge is 0.252 e. The highest BCUT2D eigenvalue weighted by molar-refractivity contribution is 14.1. The van der Waals surface area contributed by atoms with Crippen molar-refractivity contribution in [2.24, 2.45) is 5.92 Å². The van der Waals surface area contributed by atoms with Gasteiger partial charge < -0.3 is 10.1 Å². The summed E-state index contributed by atoms with van der Waals surface area (Å²) < 4.78 is 19.1. The molecular formula is C16H22FIN2O2. The van der Waals surface area contributed by atoms with Gasteiger partial charge in [0.1, 0.15) is 5.82 Å². The molecule has 4 nitrogen and oxygen atoms in total. The molecule has 1 heterocycles. The third kappa shape index (κ3) is 4.63. The molecule has 1 saturated heterocycles. The number of carbonyl (C=O) groups excluding carboxylic acids is 1. The van der Waals surface area contributed by atoms with E-state index in [1.54, 1.807) is 0 Å². The van der Waals surface area contributed by atoms with Crippen molar-refractivity contribution in [3.05, 3.63) is 33.1 Å². The summed E-state index contributed by atoms with van der Waals surface area (Å²) in [5.41, 5.74) is 0.520. The highest BCUT2D eigenvalue weighted by Crippen LogP contribution is 2.15. The van der Waals surface area contributed by atoms with Crippen molar-refractivity contribution in [1.82, 2.24) is 10.2 Å². The van der Waals surface area contributed by atoms with Crippen molar-refractivity contribution >= 4 is 28.5 Å². The molecule has 122 valence electrons. The monoisotopic (exact) mass is 420 g/mol. The van der Waals surface area contributed by atoms with Crippen LogP contribution in [0.15, 0.2) is 18.2 Å². The maximum atomic E-state index is 13.1. The lowest BCUT2D eigenvalue weighted by atomic mass is 10.0. The molecule has 6 heteroatoms. The minimum Gasteiger partial charge on any atom is -0.379 e. The lowest BCUT2D eigenvalue weighted by molar-refractivity contribution is 0.00672. The van der Waals surface area contributed by atoms with Gasteiger partial charge >= 0.3 is 0 Å². The first-order chi connectivity index (χ1) is 10.5. The summed E-state index contributed by atoms with van der Waals surface area (Å²) in [5.74, 6) is -0.0386. The molecule has 0 radical (unpaired) electrons. The molecule has 22 heavy (non-hydrogen) atoms. The number of ether oxygens (including phenoxy) is 1. The normalized spacial score (nSPS) is 17.5. The molecular weight excluding hydrogens is 398 g/mol. The highest BCUT2D eigenvalue weighted by atomic mass is 127. The number of benzene rings is 1. The lowest BCUT2D eigenvalue weighted by Gasteiger charge is -2.36. The first-order valence-electron chi connectivity index (χ1n) is 7.54. The second-order valence-corrected chi connectivity index (χ2v) is 6.96. The first-order valence-corrected chi connectivity index (χ1v) is 8.62. The molecule has 0 saturated carbocycles. The van der Waals surface area contributed by atoms with E-state index in [9.17, 15) is 9.18 Å². The van der Waals surface area contributed by atoms with E-state index in [0.29, 0.717) is 21.6 Å². The molecule has 0 spiro atoms. The van der Waals surface area contributed by atoms with Gasteiger partial charge in [-0.1, -0.05) is 13.8 Å². The number of halogens is 2. The molecule has 0 bridgehead atoms. The molecule has 1 aromatic rings. The largest absolute Gasteiger partial charge is 0.379 e. The van der Waals surface area contributed by atoms with Crippen molar-refractivity contribution in [1.29, 1.82) is 0 Å². The minimum atomic E-state index is -0.325. The van der Waals surface area contributed by atoms with E-state index in [4.69, 9.17) is 4.74 Å². The quantitative estimate of drug-likeness (QED) is 0.745. The van der Waals surface area contributed by atoms with Gasteiger partial charge in [-0.3, -0.25) is 9.69 Å². The van der Waals surface area contributed by atoms with Gasteiger partial charge in [0.05, 0.1) is 18.8 Å². The Labute approximate surface area is 144 Å². The Bertz CT molecular complexity index is 519. The molecule has 1 unspecified atom stereocenters. The maximum absolute atomic E-state index is 13.1. The second-order valence-electron chi connectivity index (χ2n) is 5.79. The zero-order valence-corrected chi connectivity index (χ0v) is 15.1. The lowest BCUT2D eigenvalue weighted by Crippen LogP contribution is -2.51. The van der Waals surface area contributed by atoms with E-state index in [2.05, 4.69) is 24.1 Å². The van der Waals surface area contributed by atoms with Crippen LogP contribution in [0.2, 0.25) is 0 Å². The van der Waals surface area contributed by atoms with E-state index in [1.165, 1.54) is 18.2 Å². The van der Waals surface area contributed by atoms with Crippen LogP contribution < -0.4 is 5.32 Å². The van der Waals surface area contributed by atoms with Crippen molar-refractivity contribution in [2.75, 3.05) is 32.8 Å². The van der Waals surface area contributed by atoms with Crippen molar-refractivity contribution in [3.63, 3.8) is 0 Å². The van der Waals surface area contributed by atoms with Gasteiger partial charge in [0, 0.05) is 29.2 Å². The predicted octanol–water partition coefficient (Wildman–Crippen LogP) is 2.52. The van der Waals surface area contributed by atoms with E-state index in [1.807, 2.05) is 22.6 Å². The van der Waals surface area contributed by atoms with E-state index in [0.717, 1.165) is 26.3 Å². The molecule has 0 aliphatic carbocycles. The van der Waals surface area contributed by atoms with Gasteiger partial charge in [0.25, 0.3) is 5.91 Å². The van der Waals surface area contributed by atoms with Gasteiger partial charge in [-0.25, -0.2) is 4.39 Å². The van der Waals surface area contributed by atoms with Crippen LogP contribution in [-0.2, 0) is 4.74 Å². The molecule has 1 aromatic carbocycles. The second kappa shape index (κ2) is 8.21. The molecule has 1 atom stereocenters. The number of nitrogens with one attached hydrogen (secondary N) is 1. The Kier molecular flexibility index (Phi) is 6.58. The summed E-state index contributed by atoms with van der Waals surface area (Å²) in [5, 5.41) is 2.99. The van der Waals surface area contributed by atoms with Crippen LogP contribution in [0.1, 0.15) is 24.2 Å². The Hall–Kier alpha value is -0.730. The number of hydrogen-bond donors (Lipinski definition) is 1. The van der Waals surface area contributed by atoms with Crippen LogP contribution in [0, 0.1) is 15.3 Å². The van der Waals surface area contributed by atoms with E-state index in [-0.39, 0.29) is 17.8 Å². The molecule has 1 amide bonds. The standard InChI is InChI=1S/C16H22FIN2O2/c1-11(2)15(20-5-7-22-8-6-20)10-19-16(21)13-4-3-12(17)9-14(13)18/h3-4,9,11,15H,5-8,10H2,1-2H3,(H,19,21). The number of carbonyl (C=O) groups is 1. The van der Waals surface area contributed by atoms with Gasteiger partial charge in [0.2, 0.25) is 0 Å². The number of amides is 1. The van der Waals surface area contributed by atoms with Crippen LogP contribution in [0.25, 0.3) is 0 Å². The van der Waals surface area contributed by atoms with Crippen LogP contribution in [0.4, 0.5) is 4.39 Å². The zero-order valence-electron chi connectivity index (χ0n) is 12.9. The molecule has 1 aliphatic heterocycles. The van der Waals surface area contributed by atoms with Crippen LogP contribution in [-0.4, -0.2) is 49.7 Å². The number of morpholine rings is 1. The molecule has 1 N–H and O–H groups in total. The molecule has 2 rings (SSSR count). The fraction of sp³-hybridized carbons (Fsp3) is 0.562. The number of rotatable bonds is 5. The first kappa shape index (κ1) is 17.6. The van der Waals surface area contributed by atoms with Gasteiger partial charge in [0.15, 0.2) is 0 Å². The summed E-state index contributed by atoms with van der Waals surface area (Å²) in [6, 6.07) is 4.51. The summed E-state index contributed by atoms with van der Waals surface area (Å²) >= 11 is 1.99. The van der Waals surface area contributed by atoms with Crippen molar-refractivity contribution in [2.45, 2.75) is 19.9 Å². The van der Waals surface area contributed by atoms with E-state index < -0.39 is 0 Å². The summed E-state index contributed by atoms with van der Waals surface area (Å²) in [6.45, 7) is 8.19. The number of hydrogen-bond acceptors (Lipinski definition) is 3. The summed E-state index contributed by atoms with van der Waals surface area (Å²) in [6.07, 6.45) is 0. The highest BCUT2D eigenvalue weighted by Gasteiger charge is 2.24. The third-order valence-electron chi connectivity index (χ3n) is 3.93. The number of nitrogens with zero attached hydrogens (tertiary/aromatic N) is 1. The van der Waals surface area contributed by atoms with Gasteiger partial charge in [-0.05, 0) is 46.7 Å². The molecule has 1 aliphatic rings. The third-order valence-corrected chi connectivity index (χ3v) is 4.82. The molecule has 0 aromatic heterocycles. The summed E-state index contributed by atoms with van der Waals surface area (Å²) in [4.78, 5) is 14.7.